The van der Waals surface area contributed by atoms with Crippen LogP contribution in [0.5, 0.6) is 0 Å². The number of benzene rings is 1. The third-order valence-corrected chi connectivity index (χ3v) is 3.27. The third kappa shape index (κ3) is 1.88. The lowest BCUT2D eigenvalue weighted by Gasteiger charge is -2.03. The van der Waals surface area contributed by atoms with Gasteiger partial charge in [0.15, 0.2) is 0 Å². The Kier molecular flexibility index (Phi) is 2.53. The highest BCUT2D eigenvalue weighted by Crippen LogP contribution is 2.32. The molecule has 3 heterocycles. The summed E-state index contributed by atoms with van der Waals surface area (Å²) in [5.74, 6) is -0.282. The number of hydrogen-bond donors (Lipinski definition) is 1. The molecule has 0 aliphatic carbocycles. The maximum atomic E-state index is 13.1. The summed E-state index contributed by atoms with van der Waals surface area (Å²) in [6.07, 6.45) is 4.77. The first kappa shape index (κ1) is 11.8. The van der Waals surface area contributed by atoms with E-state index in [0.29, 0.717) is 11.4 Å². The largest absolute Gasteiger partial charge is 0.446 e. The summed E-state index contributed by atoms with van der Waals surface area (Å²) in [6, 6.07) is 7.99. The van der Waals surface area contributed by atoms with Crippen molar-refractivity contribution >= 4 is 11.1 Å². The number of nitrogens with zero attached hydrogens (tertiary/aromatic N) is 3. The first-order valence-electron chi connectivity index (χ1n) is 6.31. The molecule has 0 saturated carbocycles. The number of hydrogen-bond acceptors (Lipinski definition) is 4. The molecule has 21 heavy (non-hydrogen) atoms. The first-order valence-corrected chi connectivity index (χ1v) is 6.31. The molecule has 5 nitrogen and oxygen atoms in total. The monoisotopic (exact) mass is 280 g/mol. The van der Waals surface area contributed by atoms with Crippen molar-refractivity contribution in [3.8, 4) is 22.5 Å². The highest BCUT2D eigenvalue weighted by Gasteiger charge is 2.15. The number of rotatable bonds is 2. The zero-order chi connectivity index (χ0) is 14.2. The van der Waals surface area contributed by atoms with E-state index in [1.54, 1.807) is 24.6 Å². The Morgan fingerprint density at radius 1 is 1.00 bits per heavy atom. The first-order chi connectivity index (χ1) is 10.3. The molecule has 1 N–H and O–H groups in total. The summed E-state index contributed by atoms with van der Waals surface area (Å²) in [6.45, 7) is 0. The third-order valence-electron chi connectivity index (χ3n) is 3.27. The molecule has 0 fully saturated rings. The van der Waals surface area contributed by atoms with Crippen molar-refractivity contribution in [2.75, 3.05) is 0 Å². The molecule has 4 rings (SSSR count). The molecule has 0 unspecified atom stereocenters. The molecule has 0 radical (unpaired) electrons. The van der Waals surface area contributed by atoms with E-state index in [1.807, 2.05) is 6.07 Å². The Hall–Kier alpha value is -3.02. The van der Waals surface area contributed by atoms with Crippen molar-refractivity contribution in [3.05, 3.63) is 54.9 Å². The lowest BCUT2D eigenvalue weighted by Crippen LogP contribution is -1.88. The SMILES string of the molecule is Fc1ccc(-c2n[nH]cc2-c2ncnc3occc23)cc1. The quantitative estimate of drug-likeness (QED) is 0.611. The van der Waals surface area contributed by atoms with Gasteiger partial charge >= 0.3 is 0 Å². The Morgan fingerprint density at radius 3 is 2.71 bits per heavy atom. The van der Waals surface area contributed by atoms with Crippen LogP contribution in [0, 0.1) is 5.82 Å². The van der Waals surface area contributed by atoms with Crippen molar-refractivity contribution in [2.45, 2.75) is 0 Å². The summed E-state index contributed by atoms with van der Waals surface area (Å²) in [7, 11) is 0. The van der Waals surface area contributed by atoms with Gasteiger partial charge in [-0.2, -0.15) is 5.10 Å². The number of furan rings is 1. The lowest BCUT2D eigenvalue weighted by atomic mass is 10.0. The highest BCUT2D eigenvalue weighted by molar-refractivity contribution is 5.93. The van der Waals surface area contributed by atoms with Crippen LogP contribution in [0.15, 0.2) is 53.5 Å². The van der Waals surface area contributed by atoms with Crippen molar-refractivity contribution in [1.29, 1.82) is 0 Å². The molecule has 0 amide bonds. The van der Waals surface area contributed by atoms with Crippen molar-refractivity contribution in [3.63, 3.8) is 0 Å². The normalized spacial score (nSPS) is 11.1. The van der Waals surface area contributed by atoms with Crippen LogP contribution < -0.4 is 0 Å². The average molecular weight is 280 g/mol. The van der Waals surface area contributed by atoms with Crippen molar-refractivity contribution in [2.24, 2.45) is 0 Å². The van der Waals surface area contributed by atoms with Crippen LogP contribution in [0.2, 0.25) is 0 Å². The van der Waals surface area contributed by atoms with Crippen LogP contribution >= 0.6 is 0 Å². The molecule has 1 aromatic carbocycles. The van der Waals surface area contributed by atoms with Crippen LogP contribution in [0.3, 0.4) is 0 Å². The lowest BCUT2D eigenvalue weighted by molar-refractivity contribution is 0.602. The summed E-state index contributed by atoms with van der Waals surface area (Å²) in [4.78, 5) is 8.39. The molecule has 102 valence electrons. The number of aromatic nitrogens is 4. The van der Waals surface area contributed by atoms with Crippen molar-refractivity contribution < 1.29 is 8.81 Å². The van der Waals surface area contributed by atoms with E-state index in [2.05, 4.69) is 20.2 Å². The molecule has 6 heteroatoms. The van der Waals surface area contributed by atoms with Gasteiger partial charge < -0.3 is 4.42 Å². The zero-order valence-electron chi connectivity index (χ0n) is 10.7. The Bertz CT molecular complexity index is 911. The molecule has 0 atom stereocenters. The van der Waals surface area contributed by atoms with Gasteiger partial charge in [-0.05, 0) is 30.3 Å². The van der Waals surface area contributed by atoms with Crippen molar-refractivity contribution in [1.82, 2.24) is 20.2 Å². The zero-order valence-corrected chi connectivity index (χ0v) is 10.7. The smallest absolute Gasteiger partial charge is 0.229 e. The van der Waals surface area contributed by atoms with E-state index in [-0.39, 0.29) is 5.82 Å². The molecular weight excluding hydrogens is 271 g/mol. The van der Waals surface area contributed by atoms with Crippen LogP contribution in [0.4, 0.5) is 4.39 Å². The fourth-order valence-corrected chi connectivity index (χ4v) is 2.30. The van der Waals surface area contributed by atoms with E-state index >= 15 is 0 Å². The molecule has 0 aliphatic rings. The fraction of sp³-hybridized carbons (Fsp3) is 0. The maximum absolute atomic E-state index is 13.1. The molecular formula is C15H9FN4O. The van der Waals surface area contributed by atoms with E-state index < -0.39 is 0 Å². The highest BCUT2D eigenvalue weighted by atomic mass is 19.1. The van der Waals surface area contributed by atoms with E-state index in [4.69, 9.17) is 4.42 Å². The second-order valence-electron chi connectivity index (χ2n) is 4.52. The van der Waals surface area contributed by atoms with Gasteiger partial charge in [0.25, 0.3) is 0 Å². The summed E-state index contributed by atoms with van der Waals surface area (Å²) >= 11 is 0. The van der Waals surface area contributed by atoms with Gasteiger partial charge in [0, 0.05) is 17.3 Å². The van der Waals surface area contributed by atoms with Crippen LogP contribution in [-0.2, 0) is 0 Å². The van der Waals surface area contributed by atoms with Gasteiger partial charge in [-0.3, -0.25) is 5.10 Å². The molecule has 4 aromatic rings. The number of aromatic amines is 1. The van der Waals surface area contributed by atoms with Gasteiger partial charge in [-0.1, -0.05) is 0 Å². The maximum Gasteiger partial charge on any atom is 0.229 e. The summed E-state index contributed by atoms with van der Waals surface area (Å²) in [5, 5.41) is 7.88. The van der Waals surface area contributed by atoms with Gasteiger partial charge in [-0.15, -0.1) is 0 Å². The summed E-state index contributed by atoms with van der Waals surface area (Å²) in [5.41, 5.74) is 3.57. The van der Waals surface area contributed by atoms with Gasteiger partial charge in [-0.25, -0.2) is 14.4 Å². The minimum Gasteiger partial charge on any atom is -0.446 e. The molecule has 0 saturated heterocycles. The Labute approximate surface area is 118 Å². The fourth-order valence-electron chi connectivity index (χ4n) is 2.30. The van der Waals surface area contributed by atoms with Gasteiger partial charge in [0.1, 0.15) is 17.8 Å². The molecule has 0 spiro atoms. The number of nitrogens with one attached hydrogen (secondary N) is 1. The number of fused-ring (bicyclic) bond motifs is 1. The Morgan fingerprint density at radius 2 is 1.86 bits per heavy atom. The van der Waals surface area contributed by atoms with Gasteiger partial charge in [0.2, 0.25) is 5.71 Å². The van der Waals surface area contributed by atoms with Gasteiger partial charge in [0.05, 0.1) is 17.3 Å². The van der Waals surface area contributed by atoms with Crippen LogP contribution in [-0.4, -0.2) is 20.2 Å². The minimum atomic E-state index is -0.282. The van der Waals surface area contributed by atoms with E-state index in [0.717, 1.165) is 22.2 Å². The summed E-state index contributed by atoms with van der Waals surface area (Å²) < 4.78 is 18.3. The van der Waals surface area contributed by atoms with E-state index in [9.17, 15) is 4.39 Å². The predicted molar refractivity (Wildman–Crippen MR) is 74.8 cm³/mol. The minimum absolute atomic E-state index is 0.282. The second kappa shape index (κ2) is 4.52. The van der Waals surface area contributed by atoms with Crippen LogP contribution in [0.1, 0.15) is 0 Å². The number of halogens is 1. The predicted octanol–water partition coefficient (Wildman–Crippen LogP) is 3.42. The topological polar surface area (TPSA) is 67.6 Å². The van der Waals surface area contributed by atoms with E-state index in [1.165, 1.54) is 18.5 Å². The second-order valence-corrected chi connectivity index (χ2v) is 4.52. The standard InChI is InChI=1S/C15H9FN4O/c16-10-3-1-9(2-4-10)13-12(7-19-20-13)14-11-5-6-21-15(11)18-8-17-14/h1-8H,(H,19,20). The molecule has 3 aromatic heterocycles. The van der Waals surface area contributed by atoms with Crippen LogP contribution in [0.25, 0.3) is 33.6 Å². The molecule has 0 aliphatic heterocycles. The number of H-pyrrole nitrogens is 1. The Balaban J connectivity index is 1.93. The molecule has 0 bridgehead atoms. The average Bonchev–Trinajstić information content (AvgIpc) is 3.16.